The second-order valence-corrected chi connectivity index (χ2v) is 11.7. The first-order valence-electron chi connectivity index (χ1n) is 15.3. The Morgan fingerprint density at radius 3 is 2.29 bits per heavy atom. The van der Waals surface area contributed by atoms with Gasteiger partial charge in [0.15, 0.2) is 16.3 Å². The number of carbonyl (C=O) groups excluding carboxylic acids is 1. The molecule has 242 valence electrons. The molecule has 0 radical (unpaired) electrons. The number of thiazole rings is 1. The molecule has 0 saturated carbocycles. The highest BCUT2D eigenvalue weighted by Gasteiger charge is 2.35. The molecule has 5 aromatic rings. The molecule has 0 spiro atoms. The zero-order valence-corrected chi connectivity index (χ0v) is 27.0. The van der Waals surface area contributed by atoms with Crippen LogP contribution in [-0.2, 0) is 16.1 Å². The van der Waals surface area contributed by atoms with Gasteiger partial charge in [-0.1, -0.05) is 78.1 Å². The van der Waals surface area contributed by atoms with Gasteiger partial charge in [-0.2, -0.15) is 0 Å². The van der Waals surface area contributed by atoms with E-state index in [0.717, 1.165) is 16.7 Å². The lowest BCUT2D eigenvalue weighted by Crippen LogP contribution is -2.39. The minimum atomic E-state index is -0.756. The Kier molecular flexibility index (Phi) is 9.58. The Bertz CT molecular complexity index is 2170. The molecule has 2 heterocycles. The van der Waals surface area contributed by atoms with Crippen LogP contribution in [-0.4, -0.2) is 28.7 Å². The molecule has 0 bridgehead atoms. The first-order valence-corrected chi connectivity index (χ1v) is 16.2. The summed E-state index contributed by atoms with van der Waals surface area (Å²) in [6.45, 7) is 4.35. The molecule has 0 saturated heterocycles. The van der Waals surface area contributed by atoms with E-state index in [1.807, 2.05) is 73.7 Å². The van der Waals surface area contributed by atoms with Gasteiger partial charge < -0.3 is 14.2 Å². The second kappa shape index (κ2) is 14.3. The summed E-state index contributed by atoms with van der Waals surface area (Å²) in [6, 6.07) is 29.6. The Labute approximate surface area is 279 Å². The number of benzene rings is 4. The van der Waals surface area contributed by atoms with Crippen molar-refractivity contribution >= 4 is 34.8 Å². The van der Waals surface area contributed by atoms with Gasteiger partial charge in [-0.3, -0.25) is 19.5 Å². The standard InChI is InChI=1S/C37H31N3O7S/c1-3-45-30-21-25(17-20-29(30)47-23-24-15-18-28(19-16-24)40(43)44)22-31-35(41)39-34(27-13-9-6-10-14-27)32(36(42)46-4-2)33(38-37(39)48-31)26-11-7-5-8-12-26/h5-22,34H,3-4,23H2,1-2H3/b31-22-/t34-/m1/s1. The zero-order chi connectivity index (χ0) is 33.6. The first kappa shape index (κ1) is 32.1. The molecule has 48 heavy (non-hydrogen) atoms. The van der Waals surface area contributed by atoms with Gasteiger partial charge in [-0.25, -0.2) is 9.79 Å². The molecule has 0 amide bonds. The average Bonchev–Trinajstić information content (AvgIpc) is 3.42. The van der Waals surface area contributed by atoms with Gasteiger partial charge in [0.05, 0.1) is 40.0 Å². The third kappa shape index (κ3) is 6.67. The van der Waals surface area contributed by atoms with Crippen LogP contribution in [0.5, 0.6) is 11.5 Å². The quantitative estimate of drug-likeness (QED) is 0.0993. The van der Waals surface area contributed by atoms with E-state index in [9.17, 15) is 19.7 Å². The first-order chi connectivity index (χ1) is 23.4. The van der Waals surface area contributed by atoms with Crippen LogP contribution in [0.2, 0.25) is 0 Å². The molecule has 11 heteroatoms. The van der Waals surface area contributed by atoms with E-state index in [2.05, 4.69) is 0 Å². The number of non-ortho nitro benzene ring substituents is 1. The monoisotopic (exact) mass is 661 g/mol. The fourth-order valence-corrected chi connectivity index (χ4v) is 6.42. The molecule has 10 nitrogen and oxygen atoms in total. The lowest BCUT2D eigenvalue weighted by Gasteiger charge is -2.25. The molecule has 1 aliphatic rings. The number of ether oxygens (including phenoxy) is 3. The number of hydrogen-bond acceptors (Lipinski definition) is 9. The average molecular weight is 662 g/mol. The highest BCUT2D eigenvalue weighted by molar-refractivity contribution is 7.07. The molecular weight excluding hydrogens is 630 g/mol. The van der Waals surface area contributed by atoms with Crippen LogP contribution in [0.25, 0.3) is 11.8 Å². The minimum absolute atomic E-state index is 0.00637. The minimum Gasteiger partial charge on any atom is -0.490 e. The molecule has 0 fully saturated rings. The summed E-state index contributed by atoms with van der Waals surface area (Å²) in [5, 5.41) is 11.0. The summed E-state index contributed by atoms with van der Waals surface area (Å²) in [5.74, 6) is 0.442. The predicted molar refractivity (Wildman–Crippen MR) is 183 cm³/mol. The number of nitro benzene ring substituents is 1. The van der Waals surface area contributed by atoms with Gasteiger partial charge in [-0.05, 0) is 60.9 Å². The molecule has 6 rings (SSSR count). The summed E-state index contributed by atoms with van der Waals surface area (Å²) in [6.07, 6.45) is 1.77. The SMILES string of the molecule is CCOC(=O)C1=C(c2ccccc2)N=c2s/c(=C\c3ccc(OCc4ccc([N+](=O)[O-])cc4)c(OCC)c3)c(=O)n2[C@@H]1c1ccccc1. The largest absolute Gasteiger partial charge is 0.490 e. The van der Waals surface area contributed by atoms with Crippen molar-refractivity contribution in [2.45, 2.75) is 26.5 Å². The van der Waals surface area contributed by atoms with E-state index in [1.54, 1.807) is 41.8 Å². The zero-order valence-electron chi connectivity index (χ0n) is 26.2. The Morgan fingerprint density at radius 1 is 0.917 bits per heavy atom. The number of rotatable bonds is 11. The van der Waals surface area contributed by atoms with Gasteiger partial charge >= 0.3 is 5.97 Å². The van der Waals surface area contributed by atoms with E-state index in [4.69, 9.17) is 19.2 Å². The molecule has 0 N–H and O–H groups in total. The van der Waals surface area contributed by atoms with Crippen molar-refractivity contribution in [2.75, 3.05) is 13.2 Å². The Hall–Kier alpha value is -5.81. The van der Waals surface area contributed by atoms with E-state index >= 15 is 0 Å². The van der Waals surface area contributed by atoms with Crippen LogP contribution >= 0.6 is 11.3 Å². The van der Waals surface area contributed by atoms with Crippen LogP contribution in [0.4, 0.5) is 5.69 Å². The number of nitrogens with zero attached hydrogens (tertiary/aromatic N) is 3. The van der Waals surface area contributed by atoms with Crippen molar-refractivity contribution in [3.63, 3.8) is 0 Å². The van der Waals surface area contributed by atoms with Crippen LogP contribution in [0, 0.1) is 10.1 Å². The highest BCUT2D eigenvalue weighted by Crippen LogP contribution is 2.35. The Balaban J connectivity index is 1.42. The maximum absolute atomic E-state index is 14.2. The molecule has 1 aromatic heterocycles. The third-order valence-corrected chi connectivity index (χ3v) is 8.58. The van der Waals surface area contributed by atoms with Gasteiger partial charge in [-0.15, -0.1) is 0 Å². The molecule has 4 aromatic carbocycles. The number of nitro groups is 1. The maximum Gasteiger partial charge on any atom is 0.338 e. The van der Waals surface area contributed by atoms with Crippen molar-refractivity contribution in [1.82, 2.24) is 4.57 Å². The number of aromatic nitrogens is 1. The summed E-state index contributed by atoms with van der Waals surface area (Å²) < 4.78 is 19.4. The van der Waals surface area contributed by atoms with Crippen molar-refractivity contribution in [3.05, 3.63) is 161 Å². The van der Waals surface area contributed by atoms with E-state index < -0.39 is 16.9 Å². The number of esters is 1. The normalized spacial score (nSPS) is 14.2. The van der Waals surface area contributed by atoms with E-state index in [-0.39, 0.29) is 24.5 Å². The highest BCUT2D eigenvalue weighted by atomic mass is 32.1. The van der Waals surface area contributed by atoms with Crippen LogP contribution < -0.4 is 24.4 Å². The van der Waals surface area contributed by atoms with E-state index in [1.165, 1.54) is 23.5 Å². The van der Waals surface area contributed by atoms with Gasteiger partial charge in [0.1, 0.15) is 6.61 Å². The van der Waals surface area contributed by atoms with Crippen LogP contribution in [0.3, 0.4) is 0 Å². The number of carbonyl (C=O) groups is 1. The van der Waals surface area contributed by atoms with Crippen molar-refractivity contribution < 1.29 is 23.9 Å². The van der Waals surface area contributed by atoms with Crippen molar-refractivity contribution in [2.24, 2.45) is 4.99 Å². The summed E-state index contributed by atoms with van der Waals surface area (Å²) >= 11 is 1.24. The fourth-order valence-electron chi connectivity index (χ4n) is 5.42. The molecule has 1 atom stereocenters. The van der Waals surface area contributed by atoms with Crippen molar-refractivity contribution in [3.8, 4) is 11.5 Å². The lowest BCUT2D eigenvalue weighted by molar-refractivity contribution is -0.384. The molecule has 0 unspecified atom stereocenters. The summed E-state index contributed by atoms with van der Waals surface area (Å²) in [7, 11) is 0. The Morgan fingerprint density at radius 2 is 1.62 bits per heavy atom. The van der Waals surface area contributed by atoms with Crippen molar-refractivity contribution in [1.29, 1.82) is 0 Å². The summed E-state index contributed by atoms with van der Waals surface area (Å²) in [5.41, 5.74) is 3.43. The second-order valence-electron chi connectivity index (χ2n) is 10.7. The third-order valence-electron chi connectivity index (χ3n) is 7.60. The number of fused-ring (bicyclic) bond motifs is 1. The topological polar surface area (TPSA) is 122 Å². The van der Waals surface area contributed by atoms with Gasteiger partial charge in [0.25, 0.3) is 11.2 Å². The molecule has 0 aliphatic carbocycles. The van der Waals surface area contributed by atoms with Crippen LogP contribution in [0.1, 0.15) is 42.1 Å². The van der Waals surface area contributed by atoms with E-state index in [0.29, 0.717) is 44.3 Å². The van der Waals surface area contributed by atoms with Crippen LogP contribution in [0.15, 0.2) is 118 Å². The lowest BCUT2D eigenvalue weighted by atomic mass is 9.93. The van der Waals surface area contributed by atoms with Gasteiger partial charge in [0, 0.05) is 17.7 Å². The molecular formula is C37H31N3O7S. The smallest absolute Gasteiger partial charge is 0.338 e. The number of hydrogen-bond donors (Lipinski definition) is 0. The van der Waals surface area contributed by atoms with Gasteiger partial charge in [0.2, 0.25) is 0 Å². The summed E-state index contributed by atoms with van der Waals surface area (Å²) in [4.78, 5) is 43.6. The fraction of sp³-hybridized carbons (Fsp3) is 0.162. The maximum atomic E-state index is 14.2. The predicted octanol–water partition coefficient (Wildman–Crippen LogP) is 5.82. The molecule has 1 aliphatic heterocycles.